The molecule has 1 aromatic rings. The van der Waals surface area contributed by atoms with Gasteiger partial charge in [-0.25, -0.2) is 0 Å². The molecule has 0 unspecified atom stereocenters. The Balaban J connectivity index is 1.80. The van der Waals surface area contributed by atoms with Crippen molar-refractivity contribution in [2.24, 2.45) is 0 Å². The molecule has 1 amide bonds. The molecule has 2 fully saturated rings. The molecule has 4 heteroatoms. The maximum absolute atomic E-state index is 12.9. The van der Waals surface area contributed by atoms with E-state index in [0.717, 1.165) is 32.5 Å². The van der Waals surface area contributed by atoms with Crippen molar-refractivity contribution in [2.75, 3.05) is 19.6 Å². The summed E-state index contributed by atoms with van der Waals surface area (Å²) < 4.78 is 0. The summed E-state index contributed by atoms with van der Waals surface area (Å²) in [6, 6.07) is 10.0. The summed E-state index contributed by atoms with van der Waals surface area (Å²) in [4.78, 5) is 17.4. The van der Waals surface area contributed by atoms with Crippen molar-refractivity contribution >= 4 is 5.91 Å². The molecule has 2 heterocycles. The largest absolute Gasteiger partial charge is 0.334 e. The van der Waals surface area contributed by atoms with E-state index in [1.807, 2.05) is 6.07 Å². The average molecular weight is 297 g/mol. The van der Waals surface area contributed by atoms with E-state index in [-0.39, 0.29) is 5.91 Å². The predicted octanol–water partition coefficient (Wildman–Crippen LogP) is 2.65. The molecule has 0 saturated carbocycles. The molecule has 0 aliphatic carbocycles. The Morgan fingerprint density at radius 3 is 2.82 bits per heavy atom. The lowest BCUT2D eigenvalue weighted by atomic mass is 10.0. The van der Waals surface area contributed by atoms with Crippen LogP contribution in [0.4, 0.5) is 0 Å². The van der Waals surface area contributed by atoms with E-state index in [4.69, 9.17) is 5.26 Å². The molecule has 116 valence electrons. The summed E-state index contributed by atoms with van der Waals surface area (Å²) in [5.74, 6) is 0.0857. The lowest BCUT2D eigenvalue weighted by molar-refractivity contribution is 0.0650. The van der Waals surface area contributed by atoms with E-state index < -0.39 is 0 Å². The van der Waals surface area contributed by atoms with Crippen LogP contribution >= 0.6 is 0 Å². The van der Waals surface area contributed by atoms with Crippen LogP contribution in [0.3, 0.4) is 0 Å². The third-order valence-electron chi connectivity index (χ3n) is 5.06. The van der Waals surface area contributed by atoms with Crippen LogP contribution in [0.2, 0.25) is 0 Å². The first-order valence-corrected chi connectivity index (χ1v) is 8.29. The number of hydrogen-bond acceptors (Lipinski definition) is 3. The molecular weight excluding hydrogens is 274 g/mol. The average Bonchev–Trinajstić information content (AvgIpc) is 3.22. The number of hydrogen-bond donors (Lipinski definition) is 0. The normalized spacial score (nSPS) is 25.4. The van der Waals surface area contributed by atoms with Gasteiger partial charge in [-0.2, -0.15) is 5.26 Å². The number of benzene rings is 1. The fourth-order valence-corrected chi connectivity index (χ4v) is 4.01. The van der Waals surface area contributed by atoms with Crippen molar-refractivity contribution < 1.29 is 4.79 Å². The first-order chi connectivity index (χ1) is 10.7. The first-order valence-electron chi connectivity index (χ1n) is 8.29. The van der Waals surface area contributed by atoms with Crippen LogP contribution in [-0.2, 0) is 0 Å². The number of carbonyl (C=O) groups excluding carboxylic acids is 1. The van der Waals surface area contributed by atoms with Gasteiger partial charge in [0.25, 0.3) is 5.91 Å². The van der Waals surface area contributed by atoms with E-state index in [0.29, 0.717) is 23.2 Å². The van der Waals surface area contributed by atoms with Gasteiger partial charge in [0.2, 0.25) is 0 Å². The van der Waals surface area contributed by atoms with Crippen LogP contribution in [0.5, 0.6) is 0 Å². The van der Waals surface area contributed by atoms with Gasteiger partial charge in [-0.15, -0.1) is 0 Å². The maximum atomic E-state index is 12.9. The van der Waals surface area contributed by atoms with Crippen LogP contribution in [0.1, 0.15) is 48.5 Å². The SMILES string of the molecule is CCN1CCC[C@H]1[C@@H]1CCCN1C(=O)c1cccc(C#N)c1. The zero-order chi connectivity index (χ0) is 15.5. The van der Waals surface area contributed by atoms with E-state index in [1.165, 1.54) is 12.8 Å². The molecule has 1 aromatic carbocycles. The number of carbonyl (C=O) groups is 1. The molecule has 0 spiro atoms. The Morgan fingerprint density at radius 2 is 2.05 bits per heavy atom. The Labute approximate surface area is 132 Å². The first kappa shape index (κ1) is 15.1. The minimum Gasteiger partial charge on any atom is -0.334 e. The standard InChI is InChI=1S/C18H23N3O/c1-2-20-10-4-8-16(20)17-9-5-11-21(17)18(22)15-7-3-6-14(12-15)13-19/h3,6-7,12,16-17H,2,4-5,8-11H2,1H3/t16-,17-/m0/s1. The second-order valence-corrected chi connectivity index (χ2v) is 6.24. The topological polar surface area (TPSA) is 47.3 Å². The van der Waals surface area contributed by atoms with Gasteiger partial charge in [-0.1, -0.05) is 13.0 Å². The lowest BCUT2D eigenvalue weighted by Gasteiger charge is -2.34. The molecule has 4 nitrogen and oxygen atoms in total. The second-order valence-electron chi connectivity index (χ2n) is 6.24. The van der Waals surface area contributed by atoms with E-state index in [1.54, 1.807) is 18.2 Å². The van der Waals surface area contributed by atoms with Crippen LogP contribution < -0.4 is 0 Å². The Hall–Kier alpha value is -1.86. The number of amides is 1. The predicted molar refractivity (Wildman–Crippen MR) is 85.5 cm³/mol. The van der Waals surface area contributed by atoms with E-state index >= 15 is 0 Å². The Kier molecular flexibility index (Phi) is 4.44. The van der Waals surface area contributed by atoms with Crippen molar-refractivity contribution in [3.63, 3.8) is 0 Å². The maximum Gasteiger partial charge on any atom is 0.254 e. The summed E-state index contributed by atoms with van der Waals surface area (Å²) >= 11 is 0. The van der Waals surface area contributed by atoms with Gasteiger partial charge in [0.05, 0.1) is 11.6 Å². The fourth-order valence-electron chi connectivity index (χ4n) is 4.01. The van der Waals surface area contributed by atoms with Gasteiger partial charge < -0.3 is 4.90 Å². The molecule has 2 atom stereocenters. The molecular formula is C18H23N3O. The van der Waals surface area contributed by atoms with Gasteiger partial charge in [0.1, 0.15) is 0 Å². The molecule has 2 aliphatic heterocycles. The molecule has 3 rings (SSSR count). The third-order valence-corrected chi connectivity index (χ3v) is 5.06. The highest BCUT2D eigenvalue weighted by molar-refractivity contribution is 5.95. The summed E-state index contributed by atoms with van der Waals surface area (Å²) in [7, 11) is 0. The smallest absolute Gasteiger partial charge is 0.254 e. The van der Waals surface area contributed by atoms with Crippen molar-refractivity contribution in [3.8, 4) is 6.07 Å². The quantitative estimate of drug-likeness (QED) is 0.861. The number of likely N-dealkylation sites (tertiary alicyclic amines) is 2. The van der Waals surface area contributed by atoms with Gasteiger partial charge in [-0.3, -0.25) is 9.69 Å². The Morgan fingerprint density at radius 1 is 1.27 bits per heavy atom. The molecule has 0 radical (unpaired) electrons. The van der Waals surface area contributed by atoms with Crippen molar-refractivity contribution in [3.05, 3.63) is 35.4 Å². The van der Waals surface area contributed by atoms with Crippen LogP contribution in [0, 0.1) is 11.3 Å². The molecule has 22 heavy (non-hydrogen) atoms. The summed E-state index contributed by atoms with van der Waals surface area (Å²) in [6.45, 7) is 5.26. The summed E-state index contributed by atoms with van der Waals surface area (Å²) in [5.41, 5.74) is 1.20. The number of nitrogens with zero attached hydrogens (tertiary/aromatic N) is 3. The van der Waals surface area contributed by atoms with Gasteiger partial charge in [-0.05, 0) is 57.0 Å². The second kappa shape index (κ2) is 6.50. The minimum atomic E-state index is 0.0857. The highest BCUT2D eigenvalue weighted by Crippen LogP contribution is 2.30. The van der Waals surface area contributed by atoms with Gasteiger partial charge >= 0.3 is 0 Å². The highest BCUT2D eigenvalue weighted by Gasteiger charge is 2.39. The van der Waals surface area contributed by atoms with E-state index in [2.05, 4.69) is 22.8 Å². The van der Waals surface area contributed by atoms with Gasteiger partial charge in [0.15, 0.2) is 0 Å². The number of nitriles is 1. The third kappa shape index (κ3) is 2.74. The van der Waals surface area contributed by atoms with Crippen LogP contribution in [-0.4, -0.2) is 47.4 Å². The van der Waals surface area contributed by atoms with Crippen LogP contribution in [0.25, 0.3) is 0 Å². The number of rotatable bonds is 3. The monoisotopic (exact) mass is 297 g/mol. The fraction of sp³-hybridized carbons (Fsp3) is 0.556. The molecule has 0 bridgehead atoms. The van der Waals surface area contributed by atoms with E-state index in [9.17, 15) is 4.79 Å². The molecule has 2 saturated heterocycles. The minimum absolute atomic E-state index is 0.0857. The highest BCUT2D eigenvalue weighted by atomic mass is 16.2. The van der Waals surface area contributed by atoms with Gasteiger partial charge in [0, 0.05) is 24.2 Å². The van der Waals surface area contributed by atoms with Crippen molar-refractivity contribution in [2.45, 2.75) is 44.7 Å². The zero-order valence-electron chi connectivity index (χ0n) is 13.2. The Bertz CT molecular complexity index is 592. The number of likely N-dealkylation sites (N-methyl/N-ethyl adjacent to an activating group) is 1. The summed E-state index contributed by atoms with van der Waals surface area (Å²) in [6.07, 6.45) is 4.62. The molecule has 0 aromatic heterocycles. The molecule has 2 aliphatic rings. The zero-order valence-corrected chi connectivity index (χ0v) is 13.2. The van der Waals surface area contributed by atoms with Crippen molar-refractivity contribution in [1.29, 1.82) is 5.26 Å². The van der Waals surface area contributed by atoms with Crippen LogP contribution in [0.15, 0.2) is 24.3 Å². The summed E-state index contributed by atoms with van der Waals surface area (Å²) in [5, 5.41) is 9.02. The lowest BCUT2D eigenvalue weighted by Crippen LogP contribution is -2.48. The molecule has 0 N–H and O–H groups in total. The van der Waals surface area contributed by atoms with Crippen molar-refractivity contribution in [1.82, 2.24) is 9.80 Å².